The molecule has 0 aliphatic carbocycles. The summed E-state index contributed by atoms with van der Waals surface area (Å²) in [6.07, 6.45) is 15.9. The van der Waals surface area contributed by atoms with Gasteiger partial charge in [0.25, 0.3) is 5.69 Å². The van der Waals surface area contributed by atoms with Crippen molar-refractivity contribution in [2.24, 2.45) is 0 Å². The average molecular weight is 461 g/mol. The first-order chi connectivity index (χ1) is 16.4. The Kier molecular flexibility index (Phi) is 7.11. The molecule has 0 saturated heterocycles. The second-order valence-corrected chi connectivity index (χ2v) is 9.96. The standard InChI is InChI=1S/C29H36N2O3/c1-4-5-6-7-8-9-10-11-14-21-30-26-16-13-12-15-25(26)28(2,3)29(30)20-19-23-22-24(31(32)33)17-18-27(23)34-29/h4,12-13,15-20,22H,1,5-11,14,21H2,2-3H3. The number of allylic oxidation sites excluding steroid dienone is 1. The highest BCUT2D eigenvalue weighted by atomic mass is 16.6. The van der Waals surface area contributed by atoms with Crippen molar-refractivity contribution in [2.75, 3.05) is 11.4 Å². The van der Waals surface area contributed by atoms with Crippen LogP contribution in [-0.2, 0) is 5.41 Å². The third-order valence-corrected chi connectivity index (χ3v) is 7.41. The van der Waals surface area contributed by atoms with Gasteiger partial charge in [-0.05, 0) is 63.0 Å². The van der Waals surface area contributed by atoms with E-state index in [1.165, 1.54) is 55.8 Å². The summed E-state index contributed by atoms with van der Waals surface area (Å²) in [6, 6.07) is 13.4. The lowest BCUT2D eigenvalue weighted by molar-refractivity contribution is -0.384. The van der Waals surface area contributed by atoms with Gasteiger partial charge >= 0.3 is 0 Å². The van der Waals surface area contributed by atoms with Crippen LogP contribution in [0.25, 0.3) is 6.08 Å². The zero-order valence-corrected chi connectivity index (χ0v) is 20.5. The molecule has 0 N–H and O–H groups in total. The molecule has 2 aromatic carbocycles. The summed E-state index contributed by atoms with van der Waals surface area (Å²) in [6.45, 7) is 9.17. The second-order valence-electron chi connectivity index (χ2n) is 9.96. The van der Waals surface area contributed by atoms with Crippen molar-refractivity contribution in [1.82, 2.24) is 0 Å². The molecule has 0 fully saturated rings. The molecule has 34 heavy (non-hydrogen) atoms. The van der Waals surface area contributed by atoms with Gasteiger partial charge in [0, 0.05) is 29.9 Å². The first-order valence-electron chi connectivity index (χ1n) is 12.6. The average Bonchev–Trinajstić information content (AvgIpc) is 3.01. The zero-order valence-electron chi connectivity index (χ0n) is 20.5. The normalized spacial score (nSPS) is 19.5. The van der Waals surface area contributed by atoms with E-state index in [4.69, 9.17) is 4.74 Å². The topological polar surface area (TPSA) is 55.6 Å². The number of fused-ring (bicyclic) bond motifs is 2. The lowest BCUT2D eigenvalue weighted by Crippen LogP contribution is -2.59. The molecule has 0 radical (unpaired) electrons. The highest BCUT2D eigenvalue weighted by Crippen LogP contribution is 2.55. The molecule has 5 nitrogen and oxygen atoms in total. The molecule has 1 spiro atoms. The molecule has 2 heterocycles. The Balaban J connectivity index is 1.51. The summed E-state index contributed by atoms with van der Waals surface area (Å²) in [7, 11) is 0. The number of nitro groups is 1. The molecule has 4 rings (SSSR count). The Labute approximate surface area is 203 Å². The highest BCUT2D eigenvalue weighted by Gasteiger charge is 2.58. The summed E-state index contributed by atoms with van der Waals surface area (Å²) in [5.74, 6) is 0.693. The quantitative estimate of drug-likeness (QED) is 0.149. The van der Waals surface area contributed by atoms with Crippen molar-refractivity contribution in [3.8, 4) is 5.75 Å². The predicted octanol–water partition coefficient (Wildman–Crippen LogP) is 7.80. The van der Waals surface area contributed by atoms with Crippen molar-refractivity contribution in [3.63, 3.8) is 0 Å². The molecular weight excluding hydrogens is 424 g/mol. The Morgan fingerprint density at radius 1 is 1.03 bits per heavy atom. The van der Waals surface area contributed by atoms with Crippen LogP contribution in [0.15, 0.2) is 61.2 Å². The van der Waals surface area contributed by atoms with E-state index in [2.05, 4.69) is 55.7 Å². The van der Waals surface area contributed by atoms with Crippen LogP contribution in [0.4, 0.5) is 11.4 Å². The number of ether oxygens (including phenoxy) is 1. The monoisotopic (exact) mass is 460 g/mol. The Morgan fingerprint density at radius 2 is 1.74 bits per heavy atom. The van der Waals surface area contributed by atoms with Crippen molar-refractivity contribution in [2.45, 2.75) is 76.4 Å². The Morgan fingerprint density at radius 3 is 2.47 bits per heavy atom. The maximum Gasteiger partial charge on any atom is 0.270 e. The fourth-order valence-electron chi connectivity index (χ4n) is 5.43. The number of unbranched alkanes of at least 4 members (excludes halogenated alkanes) is 7. The van der Waals surface area contributed by atoms with E-state index in [-0.39, 0.29) is 16.0 Å². The van der Waals surface area contributed by atoms with Crippen molar-refractivity contribution in [3.05, 3.63) is 82.4 Å². The Bertz CT molecular complexity index is 1070. The van der Waals surface area contributed by atoms with Gasteiger partial charge in [-0.25, -0.2) is 0 Å². The minimum Gasteiger partial charge on any atom is -0.463 e. The number of nitrogens with zero attached hydrogens (tertiary/aromatic N) is 2. The lowest BCUT2D eigenvalue weighted by Gasteiger charge is -2.47. The van der Waals surface area contributed by atoms with Gasteiger partial charge in [0.1, 0.15) is 5.75 Å². The molecule has 0 bridgehead atoms. The van der Waals surface area contributed by atoms with Crippen LogP contribution in [0, 0.1) is 10.1 Å². The number of para-hydroxylation sites is 1. The van der Waals surface area contributed by atoms with E-state index in [0.29, 0.717) is 5.75 Å². The van der Waals surface area contributed by atoms with Gasteiger partial charge < -0.3 is 9.64 Å². The number of non-ortho nitro benzene ring substituents is 1. The third kappa shape index (κ3) is 4.36. The van der Waals surface area contributed by atoms with Crippen LogP contribution in [-0.4, -0.2) is 17.2 Å². The third-order valence-electron chi connectivity index (χ3n) is 7.41. The van der Waals surface area contributed by atoms with Gasteiger partial charge in [-0.1, -0.05) is 56.4 Å². The first-order valence-corrected chi connectivity index (χ1v) is 12.6. The molecule has 0 saturated carbocycles. The van der Waals surface area contributed by atoms with Crippen LogP contribution in [0.2, 0.25) is 0 Å². The number of rotatable bonds is 11. The van der Waals surface area contributed by atoms with Crippen LogP contribution >= 0.6 is 0 Å². The Hall–Kier alpha value is -3.08. The van der Waals surface area contributed by atoms with Gasteiger partial charge in [0.05, 0.1) is 10.3 Å². The highest BCUT2D eigenvalue weighted by molar-refractivity contribution is 5.73. The second kappa shape index (κ2) is 10.0. The molecule has 2 aliphatic heterocycles. The fraction of sp³-hybridized carbons (Fsp3) is 0.448. The van der Waals surface area contributed by atoms with Gasteiger partial charge in [-0.15, -0.1) is 6.58 Å². The number of benzene rings is 2. The number of hydrogen-bond acceptors (Lipinski definition) is 4. The van der Waals surface area contributed by atoms with Crippen LogP contribution in [0.5, 0.6) is 5.75 Å². The van der Waals surface area contributed by atoms with Gasteiger partial charge in [0.15, 0.2) is 0 Å². The minimum absolute atomic E-state index is 0.0817. The van der Waals surface area contributed by atoms with Crippen LogP contribution in [0.3, 0.4) is 0 Å². The SMILES string of the molecule is C=CCCCCCCCCCN1c2ccccc2C(C)(C)C12C=Cc1cc([N+](=O)[O-])ccc1O2. The molecular formula is C29H36N2O3. The lowest BCUT2D eigenvalue weighted by atomic mass is 9.76. The van der Waals surface area contributed by atoms with Gasteiger partial charge in [-0.2, -0.15) is 0 Å². The molecule has 0 amide bonds. The van der Waals surface area contributed by atoms with Crippen molar-refractivity contribution < 1.29 is 9.66 Å². The molecule has 1 unspecified atom stereocenters. The summed E-state index contributed by atoms with van der Waals surface area (Å²) in [5.41, 5.74) is 2.37. The molecule has 0 aromatic heterocycles. The van der Waals surface area contributed by atoms with Crippen LogP contribution in [0.1, 0.15) is 76.3 Å². The molecule has 2 aromatic rings. The van der Waals surface area contributed by atoms with E-state index in [9.17, 15) is 10.1 Å². The molecule has 2 aliphatic rings. The first kappa shape index (κ1) is 24.1. The number of hydrogen-bond donors (Lipinski definition) is 0. The van der Waals surface area contributed by atoms with Crippen molar-refractivity contribution in [1.29, 1.82) is 0 Å². The minimum atomic E-state index is -0.662. The molecule has 180 valence electrons. The summed E-state index contributed by atoms with van der Waals surface area (Å²) in [4.78, 5) is 13.3. The van der Waals surface area contributed by atoms with Crippen molar-refractivity contribution >= 4 is 17.5 Å². The zero-order chi connectivity index (χ0) is 24.2. The van der Waals surface area contributed by atoms with E-state index in [1.807, 2.05) is 12.2 Å². The largest absolute Gasteiger partial charge is 0.463 e. The van der Waals surface area contributed by atoms with E-state index in [1.54, 1.807) is 12.1 Å². The summed E-state index contributed by atoms with van der Waals surface area (Å²) < 4.78 is 6.77. The number of anilines is 1. The molecule has 5 heteroatoms. The maximum atomic E-state index is 11.2. The van der Waals surface area contributed by atoms with E-state index >= 15 is 0 Å². The smallest absolute Gasteiger partial charge is 0.270 e. The summed E-state index contributed by atoms with van der Waals surface area (Å²) in [5, 5.41) is 11.2. The van der Waals surface area contributed by atoms with Crippen LogP contribution < -0.4 is 9.64 Å². The van der Waals surface area contributed by atoms with E-state index in [0.717, 1.165) is 24.9 Å². The maximum absolute atomic E-state index is 11.2. The fourth-order valence-corrected chi connectivity index (χ4v) is 5.43. The summed E-state index contributed by atoms with van der Waals surface area (Å²) >= 11 is 0. The van der Waals surface area contributed by atoms with Gasteiger partial charge in [-0.3, -0.25) is 10.1 Å². The molecule has 1 atom stereocenters. The van der Waals surface area contributed by atoms with E-state index < -0.39 is 5.72 Å². The van der Waals surface area contributed by atoms with Gasteiger partial charge in [0.2, 0.25) is 5.72 Å². The number of nitro benzene ring substituents is 1. The predicted molar refractivity (Wildman–Crippen MR) is 139 cm³/mol.